The molecule has 0 aliphatic heterocycles. The Kier molecular flexibility index (Phi) is 6.88. The third-order valence-corrected chi connectivity index (χ3v) is 7.11. The van der Waals surface area contributed by atoms with E-state index >= 15 is 0 Å². The number of carboxylic acid groups (broad SMARTS) is 1. The highest BCUT2D eigenvalue weighted by Crippen LogP contribution is 2.44. The topological polar surface area (TPSA) is 95.9 Å². The molecule has 0 aromatic heterocycles. The first-order valence-electron chi connectivity index (χ1n) is 12.2. The van der Waals surface area contributed by atoms with Gasteiger partial charge in [-0.3, -0.25) is 9.59 Å². The fraction of sp³-hybridized carbons (Fsp3) is 0.464. The van der Waals surface area contributed by atoms with Gasteiger partial charge in [-0.1, -0.05) is 69.3 Å². The first-order chi connectivity index (χ1) is 16.5. The Morgan fingerprint density at radius 3 is 2.09 bits per heavy atom. The average Bonchev–Trinajstić information content (AvgIpc) is 3.08. The summed E-state index contributed by atoms with van der Waals surface area (Å²) in [6.07, 6.45) is 0.685. The van der Waals surface area contributed by atoms with Crippen molar-refractivity contribution in [2.45, 2.75) is 58.0 Å². The predicted molar refractivity (Wildman–Crippen MR) is 133 cm³/mol. The molecule has 2 aromatic carbocycles. The van der Waals surface area contributed by atoms with Crippen molar-refractivity contribution < 1.29 is 24.2 Å². The van der Waals surface area contributed by atoms with E-state index in [9.17, 15) is 14.4 Å². The van der Waals surface area contributed by atoms with Gasteiger partial charge in [-0.15, -0.1) is 0 Å². The summed E-state index contributed by atoms with van der Waals surface area (Å²) in [4.78, 5) is 38.9. The minimum Gasteiger partial charge on any atom is -0.481 e. The highest BCUT2D eigenvalue weighted by Gasteiger charge is 2.41. The second-order valence-corrected chi connectivity index (χ2v) is 10.9. The predicted octanol–water partition coefficient (Wildman–Crippen LogP) is 4.65. The van der Waals surface area contributed by atoms with E-state index in [0.717, 1.165) is 22.3 Å². The van der Waals surface area contributed by atoms with Gasteiger partial charge in [0.15, 0.2) is 0 Å². The number of amides is 2. The summed E-state index contributed by atoms with van der Waals surface area (Å²) in [5.74, 6) is -1.52. The van der Waals surface area contributed by atoms with Crippen LogP contribution in [0, 0.1) is 11.3 Å². The zero-order chi connectivity index (χ0) is 25.3. The number of ether oxygens (including phenoxy) is 1. The van der Waals surface area contributed by atoms with Crippen LogP contribution in [0.1, 0.15) is 57.1 Å². The Morgan fingerprint density at radius 2 is 1.57 bits per heavy atom. The molecule has 186 valence electrons. The number of carbonyl (C=O) groups is 3. The molecule has 2 N–H and O–H groups in total. The first-order valence-corrected chi connectivity index (χ1v) is 12.2. The summed E-state index contributed by atoms with van der Waals surface area (Å²) in [6.45, 7) is 6.21. The highest BCUT2D eigenvalue weighted by molar-refractivity contribution is 5.86. The summed E-state index contributed by atoms with van der Waals surface area (Å²) in [6, 6.07) is 15.4. The van der Waals surface area contributed by atoms with Crippen LogP contribution in [0.2, 0.25) is 0 Å². The number of carboxylic acids is 1. The number of benzene rings is 2. The summed E-state index contributed by atoms with van der Waals surface area (Å²) in [5.41, 5.74) is 4.35. The molecule has 1 atom stereocenters. The zero-order valence-corrected chi connectivity index (χ0v) is 20.8. The number of likely N-dealkylation sites (N-methyl/N-ethyl adjacent to an activating group) is 1. The van der Waals surface area contributed by atoms with Crippen LogP contribution in [-0.2, 0) is 14.3 Å². The lowest BCUT2D eigenvalue weighted by Crippen LogP contribution is -2.55. The van der Waals surface area contributed by atoms with Crippen LogP contribution < -0.4 is 5.32 Å². The molecule has 7 nitrogen and oxygen atoms in total. The number of nitrogens with zero attached hydrogens (tertiary/aromatic N) is 1. The summed E-state index contributed by atoms with van der Waals surface area (Å²) < 4.78 is 5.67. The lowest BCUT2D eigenvalue weighted by Gasteiger charge is -2.41. The number of fused-ring (bicyclic) bond motifs is 3. The molecule has 0 spiro atoms. The number of aliphatic carboxylic acids is 1. The van der Waals surface area contributed by atoms with Crippen LogP contribution in [0.3, 0.4) is 0 Å². The van der Waals surface area contributed by atoms with Gasteiger partial charge >= 0.3 is 12.1 Å². The van der Waals surface area contributed by atoms with E-state index in [2.05, 4.69) is 29.6 Å². The molecule has 1 fully saturated rings. The fourth-order valence-electron chi connectivity index (χ4n) is 5.13. The van der Waals surface area contributed by atoms with Gasteiger partial charge in [0.25, 0.3) is 0 Å². The van der Waals surface area contributed by atoms with Gasteiger partial charge in [-0.2, -0.15) is 0 Å². The maximum absolute atomic E-state index is 13.3. The standard InChI is InChI=1S/C28H34N2O5/c1-28(2,3)15-24(25(31)30(4)18-13-17(14-18)26(32)33)29-27(34)35-16-23-21-11-7-5-9-19(21)20-10-6-8-12-22(20)23/h5-12,17-18,23-24H,13-16H2,1-4H3,(H,29,34)(H,32,33). The van der Waals surface area contributed by atoms with Crippen molar-refractivity contribution in [3.05, 3.63) is 59.7 Å². The SMILES string of the molecule is CN(C(=O)C(CC(C)(C)C)NC(=O)OCC1c2ccccc2-c2ccccc21)C1CC(C(=O)O)C1. The van der Waals surface area contributed by atoms with Crippen molar-refractivity contribution in [1.29, 1.82) is 0 Å². The molecule has 2 aromatic rings. The largest absolute Gasteiger partial charge is 0.481 e. The highest BCUT2D eigenvalue weighted by atomic mass is 16.5. The van der Waals surface area contributed by atoms with Gasteiger partial charge in [0.05, 0.1) is 5.92 Å². The van der Waals surface area contributed by atoms with Crippen molar-refractivity contribution in [3.63, 3.8) is 0 Å². The van der Waals surface area contributed by atoms with Gasteiger partial charge in [0.1, 0.15) is 12.6 Å². The van der Waals surface area contributed by atoms with E-state index in [-0.39, 0.29) is 29.9 Å². The number of hydrogen-bond donors (Lipinski definition) is 2. The maximum Gasteiger partial charge on any atom is 0.407 e. The van der Waals surface area contributed by atoms with Gasteiger partial charge in [-0.25, -0.2) is 4.79 Å². The van der Waals surface area contributed by atoms with Crippen molar-refractivity contribution in [3.8, 4) is 11.1 Å². The quantitative estimate of drug-likeness (QED) is 0.604. The molecule has 0 heterocycles. The summed E-state index contributed by atoms with van der Waals surface area (Å²) >= 11 is 0. The minimum absolute atomic E-state index is 0.0597. The Balaban J connectivity index is 1.41. The zero-order valence-electron chi connectivity index (χ0n) is 20.8. The van der Waals surface area contributed by atoms with Crippen molar-refractivity contribution in [1.82, 2.24) is 10.2 Å². The van der Waals surface area contributed by atoms with E-state index in [4.69, 9.17) is 9.84 Å². The van der Waals surface area contributed by atoms with E-state index in [0.29, 0.717) is 19.3 Å². The maximum atomic E-state index is 13.3. The monoisotopic (exact) mass is 478 g/mol. The molecule has 4 rings (SSSR count). The van der Waals surface area contributed by atoms with Crippen LogP contribution in [0.4, 0.5) is 4.79 Å². The lowest BCUT2D eigenvalue weighted by atomic mass is 9.79. The van der Waals surface area contributed by atoms with Crippen LogP contribution in [0.5, 0.6) is 0 Å². The summed E-state index contributed by atoms with van der Waals surface area (Å²) in [5, 5.41) is 11.9. The number of rotatable bonds is 7. The second-order valence-electron chi connectivity index (χ2n) is 10.9. The van der Waals surface area contributed by atoms with Crippen LogP contribution >= 0.6 is 0 Å². The second kappa shape index (κ2) is 9.72. The van der Waals surface area contributed by atoms with Gasteiger partial charge in [0, 0.05) is 19.0 Å². The number of carbonyl (C=O) groups excluding carboxylic acids is 2. The molecular formula is C28H34N2O5. The molecule has 0 saturated heterocycles. The van der Waals surface area contributed by atoms with E-state index < -0.39 is 24.0 Å². The smallest absolute Gasteiger partial charge is 0.407 e. The van der Waals surface area contributed by atoms with Crippen molar-refractivity contribution >= 4 is 18.0 Å². The lowest BCUT2D eigenvalue weighted by molar-refractivity contribution is -0.150. The average molecular weight is 479 g/mol. The summed E-state index contributed by atoms with van der Waals surface area (Å²) in [7, 11) is 1.68. The Morgan fingerprint density at radius 1 is 1.03 bits per heavy atom. The molecule has 2 aliphatic carbocycles. The Bertz CT molecular complexity index is 1070. The molecule has 2 aliphatic rings. The molecular weight excluding hydrogens is 444 g/mol. The molecule has 2 amide bonds. The van der Waals surface area contributed by atoms with Gasteiger partial charge < -0.3 is 20.1 Å². The van der Waals surface area contributed by atoms with E-state index in [1.54, 1.807) is 11.9 Å². The van der Waals surface area contributed by atoms with Crippen molar-refractivity contribution in [2.75, 3.05) is 13.7 Å². The number of nitrogens with one attached hydrogen (secondary N) is 1. The van der Waals surface area contributed by atoms with Gasteiger partial charge in [-0.05, 0) is 46.9 Å². The van der Waals surface area contributed by atoms with E-state index in [1.807, 2.05) is 45.0 Å². The van der Waals surface area contributed by atoms with Crippen LogP contribution in [-0.4, -0.2) is 53.7 Å². The van der Waals surface area contributed by atoms with Crippen LogP contribution in [0.15, 0.2) is 48.5 Å². The van der Waals surface area contributed by atoms with Gasteiger partial charge in [0.2, 0.25) is 5.91 Å². The molecule has 0 radical (unpaired) electrons. The third-order valence-electron chi connectivity index (χ3n) is 7.11. The van der Waals surface area contributed by atoms with Crippen LogP contribution in [0.25, 0.3) is 11.1 Å². The Labute approximate surface area is 206 Å². The molecule has 1 unspecified atom stereocenters. The number of alkyl carbamates (subject to hydrolysis) is 1. The molecule has 0 bridgehead atoms. The molecule has 7 heteroatoms. The molecule has 1 saturated carbocycles. The Hall–Kier alpha value is -3.35. The normalized spacial score (nSPS) is 19.7. The third kappa shape index (κ3) is 5.34. The first kappa shape index (κ1) is 24.8. The fourth-order valence-corrected chi connectivity index (χ4v) is 5.13. The minimum atomic E-state index is -0.829. The molecule has 35 heavy (non-hydrogen) atoms. The number of hydrogen-bond acceptors (Lipinski definition) is 4. The van der Waals surface area contributed by atoms with E-state index in [1.165, 1.54) is 0 Å². The van der Waals surface area contributed by atoms with Crippen molar-refractivity contribution in [2.24, 2.45) is 11.3 Å².